The topological polar surface area (TPSA) is 325 Å². The second kappa shape index (κ2) is 48.2. The first-order valence-corrected chi connectivity index (χ1v) is 49.4. The number of nitriles is 3. The van der Waals surface area contributed by atoms with E-state index in [4.69, 9.17) is 15.3 Å². The Morgan fingerprint density at radius 3 is 1.29 bits per heavy atom. The number of benzene rings is 6. The molecule has 6 atom stereocenters. The molecular formula is C76H89BrF15N9O14S5Si. The van der Waals surface area contributed by atoms with E-state index in [0.29, 0.717) is 62.1 Å². The van der Waals surface area contributed by atoms with Crippen LogP contribution >= 0.6 is 15.9 Å². The van der Waals surface area contributed by atoms with Gasteiger partial charge in [-0.2, -0.15) is 67.4 Å². The molecule has 6 aromatic carbocycles. The average molecular weight is 1910 g/mol. The van der Waals surface area contributed by atoms with Gasteiger partial charge in [-0.1, -0.05) is 139 Å². The standard InChI is InChI=1S/C20H17F5N2O3S.C14H20N2O2S.C13H23NOSi.C11H6F5NO3S.C8H4BrF5O3S.C7H14N2O2S.C3H3N.H2/c21-15-16(22)18(24)20(19(25)17(15)23)30-31(28,29)7-6-13-10-27(11-14(13)8-26)9-12-4-2-1-3-5-12;17-19(18)7-6-13-10-16(11-14(13)8-15-19)9-12-4-2-1-3-5-12;1-15-11-14(12-16(2,3)4)10-13-8-6-5-7-9-13;12-6-7(13)9(15)11(10(16)8(6)14)20-21(18,19)5-3-1-2-4-17;9-1-2-18(15,16)17-8-6(13)4(11)3(10)5(12)7(8)14;10-12(11)2-1-6-3-8-4-7(6)5-9-12;1-2-3-4;/h1-5,13-14H,6-7,9-11H2;1-5,13-15H,6-11H2;5-9H,10-12H2,1-4H3;1-2H,3,5H2;1-2H2;6-9H,1-5H2;2H,1H2;1H/b;;;2-1+;;;;. The molecule has 5 heterocycles. The van der Waals surface area contributed by atoms with Crippen molar-refractivity contribution in [1.82, 2.24) is 29.5 Å². The Labute approximate surface area is 704 Å². The summed E-state index contributed by atoms with van der Waals surface area (Å²) < 4.78 is 333. The lowest BCUT2D eigenvalue weighted by Crippen LogP contribution is -2.40. The fourth-order valence-corrected chi connectivity index (χ4v) is 20.4. The van der Waals surface area contributed by atoms with Crippen LogP contribution in [-0.4, -0.2) is 171 Å². The predicted molar refractivity (Wildman–Crippen MR) is 425 cm³/mol. The molecule has 0 radical (unpaired) electrons. The molecular weight excluding hydrogens is 1820 g/mol. The van der Waals surface area contributed by atoms with Gasteiger partial charge < -0.3 is 22.6 Å². The lowest BCUT2D eigenvalue weighted by atomic mass is 9.94. The van der Waals surface area contributed by atoms with E-state index < -0.39 is 186 Å². The van der Waals surface area contributed by atoms with Crippen LogP contribution in [-0.2, 0) is 74.8 Å². The molecule has 668 valence electrons. The van der Waals surface area contributed by atoms with Gasteiger partial charge in [0.2, 0.25) is 125 Å². The third kappa shape index (κ3) is 33.4. The first kappa shape index (κ1) is 103. The van der Waals surface area contributed by atoms with Crippen molar-refractivity contribution in [3.8, 4) is 35.5 Å². The normalized spacial score (nSPS) is 19.3. The van der Waals surface area contributed by atoms with E-state index in [1.54, 1.807) is 19.2 Å². The van der Waals surface area contributed by atoms with Crippen molar-refractivity contribution in [3.63, 3.8) is 0 Å². The second-order valence-corrected chi connectivity index (χ2v) is 43.9. The number of sulfonamides is 2. The lowest BCUT2D eigenvalue weighted by molar-refractivity contribution is 0.0697. The highest BCUT2D eigenvalue weighted by Gasteiger charge is 2.39. The van der Waals surface area contributed by atoms with Gasteiger partial charge in [0.25, 0.3) is 0 Å². The van der Waals surface area contributed by atoms with Crippen LogP contribution in [0.1, 0.15) is 43.8 Å². The minimum Gasteiger partial charge on any atom is -0.376 e. The Morgan fingerprint density at radius 1 is 0.521 bits per heavy atom. The molecule has 6 unspecified atom stereocenters. The van der Waals surface area contributed by atoms with Crippen molar-refractivity contribution < 1.29 is 127 Å². The summed E-state index contributed by atoms with van der Waals surface area (Å²) in [6.45, 7) is 19.6. The summed E-state index contributed by atoms with van der Waals surface area (Å²) in [5.41, 5.74) is 3.71. The Bertz CT molecular complexity index is 5110. The first-order valence-electron chi connectivity index (χ1n) is 36.5. The summed E-state index contributed by atoms with van der Waals surface area (Å²) in [6.07, 6.45) is 5.72. The number of rotatable bonds is 24. The number of hydrogen-bond donors (Lipinski definition) is 3. The number of nitrogens with zero attached hydrogens (tertiary/aromatic N) is 6. The summed E-state index contributed by atoms with van der Waals surface area (Å²) in [5, 5.41) is 28.2. The highest BCUT2D eigenvalue weighted by Crippen LogP contribution is 2.36. The minimum absolute atomic E-state index is 0. The van der Waals surface area contributed by atoms with E-state index in [-0.39, 0.29) is 31.3 Å². The predicted octanol–water partition coefficient (Wildman–Crippen LogP) is 12.9. The Kier molecular flexibility index (Phi) is 41.1. The van der Waals surface area contributed by atoms with Gasteiger partial charge in [0.05, 0.1) is 67.7 Å². The molecule has 0 aromatic heterocycles. The number of hydrogen-bond acceptors (Lipinski definition) is 21. The molecule has 45 heteroatoms. The zero-order valence-electron chi connectivity index (χ0n) is 65.3. The number of allylic oxidation sites excluding steroid dienone is 3. The molecule has 3 N–H and O–H groups in total. The van der Waals surface area contributed by atoms with Crippen molar-refractivity contribution in [1.29, 1.82) is 15.8 Å². The molecule has 0 bridgehead atoms. The van der Waals surface area contributed by atoms with Crippen LogP contribution < -0.4 is 27.3 Å². The van der Waals surface area contributed by atoms with Crippen LogP contribution in [0, 0.1) is 157 Å². The molecule has 0 amide bonds. The molecule has 0 saturated carbocycles. The molecule has 5 fully saturated rings. The zero-order chi connectivity index (χ0) is 90.4. The number of methoxy groups -OCH3 is 1. The van der Waals surface area contributed by atoms with Gasteiger partial charge in [-0.15, -0.1) is 0 Å². The maximum absolute atomic E-state index is 13.7. The highest BCUT2D eigenvalue weighted by molar-refractivity contribution is 9.09. The molecule has 23 nitrogen and oxygen atoms in total. The van der Waals surface area contributed by atoms with Crippen molar-refractivity contribution in [3.05, 3.63) is 220 Å². The van der Waals surface area contributed by atoms with E-state index >= 15 is 0 Å². The quantitative estimate of drug-likeness (QED) is 0.00741. The third-order valence-corrected chi connectivity index (χ3v) is 26.8. The molecule has 5 aliphatic heterocycles. The number of nitrogens with one attached hydrogen (secondary N) is 3. The Hall–Kier alpha value is -8.21. The average Bonchev–Trinajstić information content (AvgIpc) is 1.03. The molecule has 5 aliphatic rings. The van der Waals surface area contributed by atoms with E-state index in [9.17, 15) is 113 Å². The summed E-state index contributed by atoms with van der Waals surface area (Å²) in [6, 6.07) is 35.9. The molecule has 5 saturated heterocycles. The third-order valence-electron chi connectivity index (χ3n) is 18.2. The number of ether oxygens (including phenoxy) is 1. The number of fused-ring (bicyclic) bond motifs is 2. The van der Waals surface area contributed by atoms with Gasteiger partial charge in [0, 0.05) is 84.9 Å². The fraction of sp³-hybridized carbons (Fsp3) is 0.434. The Morgan fingerprint density at radius 2 is 0.893 bits per heavy atom. The van der Waals surface area contributed by atoms with Crippen LogP contribution in [0.15, 0.2) is 116 Å². The fourth-order valence-electron chi connectivity index (χ4n) is 12.6. The van der Waals surface area contributed by atoms with Crippen LogP contribution in [0.4, 0.5) is 65.9 Å². The summed E-state index contributed by atoms with van der Waals surface area (Å²) in [5.74, 6) is -41.3. The molecule has 0 spiro atoms. The van der Waals surface area contributed by atoms with Crippen molar-refractivity contribution in [2.45, 2.75) is 65.0 Å². The van der Waals surface area contributed by atoms with Crippen molar-refractivity contribution in [2.24, 2.45) is 35.5 Å². The van der Waals surface area contributed by atoms with Gasteiger partial charge in [0.15, 0.2) is 0 Å². The number of alkyl halides is 1. The van der Waals surface area contributed by atoms with Crippen LogP contribution in [0.25, 0.3) is 0 Å². The lowest BCUT2D eigenvalue weighted by Gasteiger charge is -2.28. The molecule has 0 aliphatic carbocycles. The van der Waals surface area contributed by atoms with Crippen LogP contribution in [0.2, 0.25) is 19.6 Å². The number of halogens is 16. The van der Waals surface area contributed by atoms with Gasteiger partial charge >= 0.3 is 30.4 Å². The van der Waals surface area contributed by atoms with Gasteiger partial charge in [-0.05, 0) is 91.2 Å². The minimum atomic E-state index is -4.69. The summed E-state index contributed by atoms with van der Waals surface area (Å²) in [7, 11) is -19.0. The molecule has 11 rings (SSSR count). The van der Waals surface area contributed by atoms with Crippen molar-refractivity contribution >= 4 is 74.4 Å². The zero-order valence-corrected chi connectivity index (χ0v) is 72.0. The van der Waals surface area contributed by atoms with Crippen LogP contribution in [0.5, 0.6) is 17.2 Å². The van der Waals surface area contributed by atoms with Gasteiger partial charge in [-0.25, -0.2) is 65.8 Å². The summed E-state index contributed by atoms with van der Waals surface area (Å²) in [4.78, 5) is 6.82. The van der Waals surface area contributed by atoms with Gasteiger partial charge in [-0.3, -0.25) is 14.7 Å². The highest BCUT2D eigenvalue weighted by atomic mass is 79.9. The smallest absolute Gasteiger partial charge is 0.310 e. The molecule has 6 aromatic rings. The SMILES string of the molecule is C=CC#N.COCN(Cc1ccccc1)C[Si](C)(C)C.N#C/C=C/CCS(=O)(=O)Oc1c(F)c(F)c(F)c(F)c1F.N#CC1CN(Cc2ccccc2)CC1CCS(=O)(=O)Oc1c(F)c(F)c(F)c(F)c1F.O=S(=O)(CCBr)Oc1c(F)c(F)c(F)c(F)c1F.O=S1(=O)CCC2CN(Cc3ccccc3)CC2CN1.O=S1(=O)CCC2CNCC2CN1.[HH]. The second-order valence-electron chi connectivity index (χ2n) is 28.8. The van der Waals surface area contributed by atoms with Crippen molar-refractivity contribution in [2.75, 3.05) is 106 Å². The first-order chi connectivity index (χ1) is 56.8. The van der Waals surface area contributed by atoms with E-state index in [1.807, 2.05) is 41.3 Å². The maximum Gasteiger partial charge on any atom is 0.310 e. The largest absolute Gasteiger partial charge is 0.376 e. The van der Waals surface area contributed by atoms with E-state index in [2.05, 4.69) is 140 Å². The maximum atomic E-state index is 13.7. The Balaban J connectivity index is 0.000000311. The van der Waals surface area contributed by atoms with Crippen LogP contribution in [0.3, 0.4) is 0 Å². The molecule has 121 heavy (non-hydrogen) atoms. The number of likely N-dealkylation sites (tertiary alicyclic amines) is 2. The summed E-state index contributed by atoms with van der Waals surface area (Å²) >= 11 is 2.72. The van der Waals surface area contributed by atoms with Gasteiger partial charge in [0.1, 0.15) is 0 Å². The monoisotopic (exact) mass is 1900 g/mol. The van der Waals surface area contributed by atoms with E-state index in [0.717, 1.165) is 76.6 Å². The van der Waals surface area contributed by atoms with E-state index in [1.165, 1.54) is 23.4 Å².